The normalized spacial score (nSPS) is 12.9. The first-order chi connectivity index (χ1) is 8.67. The first kappa shape index (κ1) is 13.6. The van der Waals surface area contributed by atoms with Crippen LogP contribution in [0.3, 0.4) is 0 Å². The molecule has 1 N–H and O–H groups in total. The van der Waals surface area contributed by atoms with Crippen molar-refractivity contribution in [1.29, 1.82) is 0 Å². The lowest BCUT2D eigenvalue weighted by atomic mass is 10.1. The predicted octanol–water partition coefficient (Wildman–Crippen LogP) is 2.36. The summed E-state index contributed by atoms with van der Waals surface area (Å²) in [6, 6.07) is 0. The fraction of sp³-hybridized carbons (Fsp3) is 0.545. The van der Waals surface area contributed by atoms with Gasteiger partial charge < -0.3 is 5.11 Å². The molecule has 0 saturated heterocycles. The van der Waals surface area contributed by atoms with Gasteiger partial charge in [0.05, 0.1) is 33.0 Å². The van der Waals surface area contributed by atoms with Crippen LogP contribution in [0.2, 0.25) is 0 Å². The molecule has 0 aromatic carbocycles. The monoisotopic (exact) mass is 330 g/mol. The van der Waals surface area contributed by atoms with E-state index in [1.54, 1.807) is 6.20 Å². The Hall–Kier alpha value is -0.790. The minimum Gasteiger partial charge on any atom is -0.387 e. The Balaban J connectivity index is 2.25. The van der Waals surface area contributed by atoms with Crippen LogP contribution in [0.4, 0.5) is 0 Å². The molecule has 5 nitrogen and oxygen atoms in total. The van der Waals surface area contributed by atoms with Gasteiger partial charge in [-0.15, -0.1) is 5.10 Å². The summed E-state index contributed by atoms with van der Waals surface area (Å²) >= 11 is 4.80. The minimum atomic E-state index is -0.576. The maximum atomic E-state index is 10.2. The zero-order valence-electron chi connectivity index (χ0n) is 10.3. The number of aromatic nitrogens is 4. The average Bonchev–Trinajstić information content (AvgIpc) is 2.99. The van der Waals surface area contributed by atoms with Gasteiger partial charge in [-0.25, -0.2) is 0 Å². The van der Waals surface area contributed by atoms with Crippen molar-refractivity contribution < 1.29 is 5.11 Å². The zero-order chi connectivity index (χ0) is 13.1. The van der Waals surface area contributed by atoms with Gasteiger partial charge in [0.25, 0.3) is 0 Å². The third kappa shape index (κ3) is 2.62. The van der Waals surface area contributed by atoms with Crippen molar-refractivity contribution in [3.8, 4) is 0 Å². The SMILES string of the molecule is CCc1nn(CC)c(CC(O)c2cnns2)c1Br. The molecule has 0 aliphatic rings. The lowest BCUT2D eigenvalue weighted by Gasteiger charge is -2.09. The van der Waals surface area contributed by atoms with Gasteiger partial charge in [-0.3, -0.25) is 4.68 Å². The molecule has 2 aromatic rings. The summed E-state index contributed by atoms with van der Waals surface area (Å²) in [5.74, 6) is 0. The number of aliphatic hydroxyl groups is 1. The van der Waals surface area contributed by atoms with Crippen molar-refractivity contribution in [3.05, 3.63) is 26.9 Å². The Morgan fingerprint density at radius 2 is 2.28 bits per heavy atom. The molecule has 7 heteroatoms. The Morgan fingerprint density at radius 1 is 1.50 bits per heavy atom. The molecule has 0 saturated carbocycles. The van der Waals surface area contributed by atoms with Crippen LogP contribution >= 0.6 is 27.5 Å². The highest BCUT2D eigenvalue weighted by atomic mass is 79.9. The molecule has 0 radical (unpaired) electrons. The maximum absolute atomic E-state index is 10.2. The van der Waals surface area contributed by atoms with Crippen LogP contribution in [0.15, 0.2) is 10.7 Å². The number of rotatable bonds is 5. The third-order valence-corrected chi connectivity index (χ3v) is 4.47. The van der Waals surface area contributed by atoms with Gasteiger partial charge in [0.1, 0.15) is 0 Å². The second-order valence-corrected chi connectivity index (χ2v) is 5.53. The summed E-state index contributed by atoms with van der Waals surface area (Å²) < 4.78 is 6.70. The Morgan fingerprint density at radius 3 is 2.83 bits per heavy atom. The highest BCUT2D eigenvalue weighted by Crippen LogP contribution is 2.27. The molecule has 1 unspecified atom stereocenters. The zero-order valence-corrected chi connectivity index (χ0v) is 12.7. The van der Waals surface area contributed by atoms with Crippen LogP contribution in [0.1, 0.15) is 36.2 Å². The van der Waals surface area contributed by atoms with Crippen LogP contribution in [0.25, 0.3) is 0 Å². The summed E-state index contributed by atoms with van der Waals surface area (Å²) in [4.78, 5) is 0.781. The molecule has 18 heavy (non-hydrogen) atoms. The highest BCUT2D eigenvalue weighted by Gasteiger charge is 2.19. The van der Waals surface area contributed by atoms with E-state index in [0.717, 1.165) is 33.7 Å². The smallest absolute Gasteiger partial charge is 0.0969 e. The Bertz CT molecular complexity index is 511. The second kappa shape index (κ2) is 5.90. The van der Waals surface area contributed by atoms with Crippen LogP contribution < -0.4 is 0 Å². The molecule has 2 rings (SSSR count). The number of aryl methyl sites for hydroxylation is 2. The third-order valence-electron chi connectivity index (χ3n) is 2.79. The minimum absolute atomic E-state index is 0.519. The molecular formula is C11H15BrN4OS. The standard InChI is InChI=1S/C11H15BrN4OS/c1-3-7-11(12)8(16(4-2)14-7)5-9(17)10-6-13-15-18-10/h6,9,17H,3-5H2,1-2H3. The molecule has 0 aliphatic carbocycles. The molecule has 0 amide bonds. The molecule has 0 fully saturated rings. The summed E-state index contributed by atoms with van der Waals surface area (Å²) in [6.45, 7) is 4.91. The maximum Gasteiger partial charge on any atom is 0.0969 e. The average molecular weight is 331 g/mol. The van der Waals surface area contributed by atoms with Crippen molar-refractivity contribution >= 4 is 27.5 Å². The van der Waals surface area contributed by atoms with Crippen LogP contribution in [0.5, 0.6) is 0 Å². The van der Waals surface area contributed by atoms with Crippen LogP contribution in [-0.2, 0) is 19.4 Å². The van der Waals surface area contributed by atoms with Gasteiger partial charge in [0, 0.05) is 13.0 Å². The lowest BCUT2D eigenvalue weighted by Crippen LogP contribution is -2.08. The van der Waals surface area contributed by atoms with E-state index in [9.17, 15) is 5.11 Å². The van der Waals surface area contributed by atoms with E-state index >= 15 is 0 Å². The van der Waals surface area contributed by atoms with E-state index in [2.05, 4.69) is 37.5 Å². The summed E-state index contributed by atoms with van der Waals surface area (Å²) in [7, 11) is 0. The highest BCUT2D eigenvalue weighted by molar-refractivity contribution is 9.10. The van der Waals surface area contributed by atoms with Gasteiger partial charge in [-0.2, -0.15) is 5.10 Å². The van der Waals surface area contributed by atoms with E-state index in [1.165, 1.54) is 11.5 Å². The van der Waals surface area contributed by atoms with Crippen LogP contribution in [-0.4, -0.2) is 24.5 Å². The molecule has 2 aromatic heterocycles. The summed E-state index contributed by atoms with van der Waals surface area (Å²) in [5.41, 5.74) is 2.05. The number of hydrogen-bond acceptors (Lipinski definition) is 5. The predicted molar refractivity (Wildman–Crippen MR) is 73.6 cm³/mol. The Kier molecular flexibility index (Phi) is 4.47. The lowest BCUT2D eigenvalue weighted by molar-refractivity contribution is 0.179. The number of aliphatic hydroxyl groups excluding tert-OH is 1. The van der Waals surface area contributed by atoms with Crippen molar-refractivity contribution in [2.75, 3.05) is 0 Å². The van der Waals surface area contributed by atoms with E-state index < -0.39 is 6.10 Å². The number of hydrogen-bond donors (Lipinski definition) is 1. The van der Waals surface area contributed by atoms with Gasteiger partial charge >= 0.3 is 0 Å². The van der Waals surface area contributed by atoms with Crippen molar-refractivity contribution in [2.24, 2.45) is 0 Å². The van der Waals surface area contributed by atoms with Crippen LogP contribution in [0, 0.1) is 0 Å². The Labute approximate surface area is 118 Å². The van der Waals surface area contributed by atoms with Gasteiger partial charge in [0.15, 0.2) is 0 Å². The summed E-state index contributed by atoms with van der Waals surface area (Å²) in [6.07, 6.45) is 2.42. The number of halogens is 1. The molecule has 98 valence electrons. The van der Waals surface area contributed by atoms with E-state index in [4.69, 9.17) is 0 Å². The first-order valence-corrected chi connectivity index (χ1v) is 7.43. The molecule has 0 aliphatic heterocycles. The van der Waals surface area contributed by atoms with Crippen molar-refractivity contribution in [3.63, 3.8) is 0 Å². The molecule has 1 atom stereocenters. The molecule has 0 bridgehead atoms. The second-order valence-electron chi connectivity index (χ2n) is 3.92. The number of nitrogens with zero attached hydrogens (tertiary/aromatic N) is 4. The van der Waals surface area contributed by atoms with Gasteiger partial charge in [0.2, 0.25) is 0 Å². The van der Waals surface area contributed by atoms with E-state index in [1.807, 2.05) is 11.6 Å². The first-order valence-electron chi connectivity index (χ1n) is 5.86. The molecule has 2 heterocycles. The van der Waals surface area contributed by atoms with E-state index in [0.29, 0.717) is 6.42 Å². The van der Waals surface area contributed by atoms with E-state index in [-0.39, 0.29) is 0 Å². The molecule has 0 spiro atoms. The quantitative estimate of drug-likeness (QED) is 0.913. The summed E-state index contributed by atoms with van der Waals surface area (Å²) in [5, 5.41) is 18.4. The largest absolute Gasteiger partial charge is 0.387 e. The molecular weight excluding hydrogens is 316 g/mol. The van der Waals surface area contributed by atoms with Gasteiger partial charge in [-0.05, 0) is 40.8 Å². The fourth-order valence-corrected chi connectivity index (χ4v) is 3.03. The van der Waals surface area contributed by atoms with Crippen molar-refractivity contribution in [2.45, 2.75) is 39.3 Å². The van der Waals surface area contributed by atoms with Crippen molar-refractivity contribution in [1.82, 2.24) is 19.4 Å². The fourth-order valence-electron chi connectivity index (χ4n) is 1.82. The van der Waals surface area contributed by atoms with Gasteiger partial charge in [-0.1, -0.05) is 11.4 Å². The topological polar surface area (TPSA) is 63.8 Å².